The van der Waals surface area contributed by atoms with Crippen LogP contribution in [0.1, 0.15) is 29.3 Å². The summed E-state index contributed by atoms with van der Waals surface area (Å²) in [5.41, 5.74) is 3.69. The van der Waals surface area contributed by atoms with Crippen LogP contribution in [0.5, 0.6) is 0 Å². The lowest BCUT2D eigenvalue weighted by molar-refractivity contribution is 0.193. The molecule has 0 spiro atoms. The molecule has 1 fully saturated rings. The molecule has 0 N–H and O–H groups in total. The maximum Gasteiger partial charge on any atom is 0.225 e. The number of nitrogens with zero attached hydrogens (tertiary/aromatic N) is 5. The summed E-state index contributed by atoms with van der Waals surface area (Å²) in [7, 11) is 0. The molecule has 0 saturated carbocycles. The predicted octanol–water partition coefficient (Wildman–Crippen LogP) is 1.38. The quantitative estimate of drug-likeness (QED) is 0.834. The molecule has 4 heterocycles. The number of hydrogen-bond donors (Lipinski definition) is 0. The standard InChI is InChI=1S/C16H19N5O/c1-5-17-16(18-6-1)21-7-2-13-14(3-8-21)19-11-20-15(13)12-4-9-22-10-12/h1,5-6,11-12H,2-4,7-10H2. The Kier molecular flexibility index (Phi) is 3.68. The Morgan fingerprint density at radius 2 is 1.91 bits per heavy atom. The highest BCUT2D eigenvalue weighted by Gasteiger charge is 2.26. The molecular weight excluding hydrogens is 278 g/mol. The lowest BCUT2D eigenvalue weighted by Gasteiger charge is -2.19. The van der Waals surface area contributed by atoms with Crippen molar-refractivity contribution in [1.29, 1.82) is 0 Å². The molecule has 6 heteroatoms. The molecule has 0 aliphatic carbocycles. The van der Waals surface area contributed by atoms with Crippen LogP contribution in [0.2, 0.25) is 0 Å². The minimum atomic E-state index is 0.427. The van der Waals surface area contributed by atoms with Crippen LogP contribution in [0.4, 0.5) is 5.95 Å². The van der Waals surface area contributed by atoms with Crippen molar-refractivity contribution in [2.75, 3.05) is 31.2 Å². The highest BCUT2D eigenvalue weighted by atomic mass is 16.5. The monoisotopic (exact) mass is 297 g/mol. The van der Waals surface area contributed by atoms with E-state index in [9.17, 15) is 0 Å². The Bertz CT molecular complexity index is 642. The Balaban J connectivity index is 1.60. The van der Waals surface area contributed by atoms with Gasteiger partial charge in [0, 0.05) is 50.1 Å². The molecule has 1 unspecified atom stereocenters. The van der Waals surface area contributed by atoms with Crippen LogP contribution < -0.4 is 4.90 Å². The van der Waals surface area contributed by atoms with E-state index in [2.05, 4.69) is 24.8 Å². The van der Waals surface area contributed by atoms with Gasteiger partial charge in [-0.1, -0.05) is 0 Å². The number of hydrogen-bond acceptors (Lipinski definition) is 6. The van der Waals surface area contributed by atoms with Crippen LogP contribution in [-0.4, -0.2) is 46.2 Å². The summed E-state index contributed by atoms with van der Waals surface area (Å²) in [6.45, 7) is 3.43. The fourth-order valence-electron chi connectivity index (χ4n) is 3.31. The first-order valence-corrected chi connectivity index (χ1v) is 7.84. The van der Waals surface area contributed by atoms with Gasteiger partial charge in [0.15, 0.2) is 0 Å². The maximum absolute atomic E-state index is 5.53. The lowest BCUT2D eigenvalue weighted by Crippen LogP contribution is -2.27. The predicted molar refractivity (Wildman–Crippen MR) is 81.9 cm³/mol. The van der Waals surface area contributed by atoms with E-state index in [0.717, 1.165) is 51.5 Å². The molecule has 1 atom stereocenters. The lowest BCUT2D eigenvalue weighted by atomic mass is 9.96. The molecule has 6 nitrogen and oxygen atoms in total. The minimum Gasteiger partial charge on any atom is -0.381 e. The third-order valence-electron chi connectivity index (χ3n) is 4.47. The van der Waals surface area contributed by atoms with Gasteiger partial charge in [0.1, 0.15) is 6.33 Å². The van der Waals surface area contributed by atoms with Gasteiger partial charge in [-0.05, 0) is 24.5 Å². The normalized spacial score (nSPS) is 21.5. The molecule has 0 radical (unpaired) electrons. The highest BCUT2D eigenvalue weighted by molar-refractivity contribution is 5.36. The molecule has 0 amide bonds. The van der Waals surface area contributed by atoms with Gasteiger partial charge in [0.2, 0.25) is 5.95 Å². The Morgan fingerprint density at radius 3 is 2.73 bits per heavy atom. The first kappa shape index (κ1) is 13.6. The third kappa shape index (κ3) is 2.54. The summed E-state index contributed by atoms with van der Waals surface area (Å²) in [6.07, 6.45) is 8.22. The van der Waals surface area contributed by atoms with E-state index >= 15 is 0 Å². The van der Waals surface area contributed by atoms with E-state index in [4.69, 9.17) is 4.74 Å². The Hall–Kier alpha value is -2.08. The number of rotatable bonds is 2. The molecule has 0 bridgehead atoms. The molecule has 1 saturated heterocycles. The van der Waals surface area contributed by atoms with Crippen molar-refractivity contribution < 1.29 is 4.74 Å². The first-order valence-electron chi connectivity index (χ1n) is 7.84. The van der Waals surface area contributed by atoms with Crippen LogP contribution in [0.3, 0.4) is 0 Å². The van der Waals surface area contributed by atoms with Crippen molar-refractivity contribution >= 4 is 5.95 Å². The second-order valence-corrected chi connectivity index (χ2v) is 5.78. The second kappa shape index (κ2) is 5.96. The summed E-state index contributed by atoms with van der Waals surface area (Å²) < 4.78 is 5.53. The topological polar surface area (TPSA) is 64.0 Å². The number of ether oxygens (including phenoxy) is 1. The average Bonchev–Trinajstić information content (AvgIpc) is 3.02. The van der Waals surface area contributed by atoms with Crippen molar-refractivity contribution in [3.05, 3.63) is 41.7 Å². The molecule has 2 aliphatic rings. The summed E-state index contributed by atoms with van der Waals surface area (Å²) in [5.74, 6) is 1.23. The zero-order chi connectivity index (χ0) is 14.8. The van der Waals surface area contributed by atoms with Crippen LogP contribution in [0.25, 0.3) is 0 Å². The van der Waals surface area contributed by atoms with Crippen LogP contribution in [0.15, 0.2) is 24.8 Å². The van der Waals surface area contributed by atoms with Gasteiger partial charge >= 0.3 is 0 Å². The molecule has 114 valence electrons. The molecule has 4 rings (SSSR count). The SMILES string of the molecule is c1cnc(N2CCc3ncnc(C4CCOC4)c3CC2)nc1. The van der Waals surface area contributed by atoms with E-state index in [1.807, 2.05) is 6.07 Å². The summed E-state index contributed by atoms with van der Waals surface area (Å²) in [4.78, 5) is 20.1. The zero-order valence-corrected chi connectivity index (χ0v) is 12.5. The van der Waals surface area contributed by atoms with Crippen molar-refractivity contribution in [2.24, 2.45) is 0 Å². The fraction of sp³-hybridized carbons (Fsp3) is 0.500. The minimum absolute atomic E-state index is 0.427. The smallest absolute Gasteiger partial charge is 0.225 e. The second-order valence-electron chi connectivity index (χ2n) is 5.78. The highest BCUT2D eigenvalue weighted by Crippen LogP contribution is 2.29. The van der Waals surface area contributed by atoms with Gasteiger partial charge in [0.05, 0.1) is 12.3 Å². The van der Waals surface area contributed by atoms with Crippen LogP contribution >= 0.6 is 0 Å². The zero-order valence-electron chi connectivity index (χ0n) is 12.5. The summed E-state index contributed by atoms with van der Waals surface area (Å²) >= 11 is 0. The molecule has 22 heavy (non-hydrogen) atoms. The molecule has 0 aromatic carbocycles. The largest absolute Gasteiger partial charge is 0.381 e. The van der Waals surface area contributed by atoms with Gasteiger partial charge in [-0.25, -0.2) is 19.9 Å². The van der Waals surface area contributed by atoms with Crippen molar-refractivity contribution in [2.45, 2.75) is 25.2 Å². The summed E-state index contributed by atoms with van der Waals surface area (Å²) in [6, 6.07) is 1.85. The van der Waals surface area contributed by atoms with E-state index in [1.165, 1.54) is 17.0 Å². The van der Waals surface area contributed by atoms with Crippen molar-refractivity contribution in [3.8, 4) is 0 Å². The molecule has 2 aliphatic heterocycles. The van der Waals surface area contributed by atoms with E-state index in [1.54, 1.807) is 18.7 Å². The third-order valence-corrected chi connectivity index (χ3v) is 4.47. The number of aromatic nitrogens is 4. The molecule has 2 aromatic rings. The van der Waals surface area contributed by atoms with Gasteiger partial charge in [-0.2, -0.15) is 0 Å². The summed E-state index contributed by atoms with van der Waals surface area (Å²) in [5, 5.41) is 0. The molecular formula is C16H19N5O. The van der Waals surface area contributed by atoms with Crippen molar-refractivity contribution in [3.63, 3.8) is 0 Å². The van der Waals surface area contributed by atoms with Crippen LogP contribution in [0, 0.1) is 0 Å². The van der Waals surface area contributed by atoms with E-state index in [0.29, 0.717) is 5.92 Å². The fourth-order valence-corrected chi connectivity index (χ4v) is 3.31. The Labute approximate surface area is 129 Å². The van der Waals surface area contributed by atoms with Crippen LogP contribution in [-0.2, 0) is 17.6 Å². The first-order chi connectivity index (χ1) is 10.9. The number of fused-ring (bicyclic) bond motifs is 1. The number of anilines is 1. The average molecular weight is 297 g/mol. The van der Waals surface area contributed by atoms with Gasteiger partial charge in [0.25, 0.3) is 0 Å². The van der Waals surface area contributed by atoms with E-state index < -0.39 is 0 Å². The Morgan fingerprint density at radius 1 is 1.05 bits per heavy atom. The van der Waals surface area contributed by atoms with Crippen molar-refractivity contribution in [1.82, 2.24) is 19.9 Å². The van der Waals surface area contributed by atoms with Gasteiger partial charge < -0.3 is 9.64 Å². The van der Waals surface area contributed by atoms with E-state index in [-0.39, 0.29) is 0 Å². The molecule has 2 aromatic heterocycles. The maximum atomic E-state index is 5.53. The van der Waals surface area contributed by atoms with Gasteiger partial charge in [-0.15, -0.1) is 0 Å². The van der Waals surface area contributed by atoms with Gasteiger partial charge in [-0.3, -0.25) is 0 Å².